The van der Waals surface area contributed by atoms with E-state index in [0.29, 0.717) is 17.2 Å². The number of nitrogens with one attached hydrogen (secondary N) is 3. The number of ether oxygens (including phenoxy) is 3. The van der Waals surface area contributed by atoms with Crippen LogP contribution in [0.15, 0.2) is 165 Å². The van der Waals surface area contributed by atoms with Gasteiger partial charge in [-0.3, -0.25) is 29.3 Å². The highest BCUT2D eigenvalue weighted by Crippen LogP contribution is 2.47. The summed E-state index contributed by atoms with van der Waals surface area (Å²) in [4.78, 5) is 47.7. The van der Waals surface area contributed by atoms with Crippen LogP contribution in [-0.4, -0.2) is 69.3 Å². The third-order valence-corrected chi connectivity index (χ3v) is 13.5. The summed E-state index contributed by atoms with van der Waals surface area (Å²) < 4.78 is 87.8. The molecule has 0 aliphatic rings. The number of aromatic nitrogens is 3. The van der Waals surface area contributed by atoms with Gasteiger partial charge in [0.25, 0.3) is 0 Å². The molecule has 3 N–H and O–H groups in total. The topological polar surface area (TPSA) is 260 Å². The molecule has 0 aliphatic carbocycles. The molecule has 0 aliphatic heterocycles. The number of carbonyl (C=O) groups is 3. The number of pyridine rings is 3. The van der Waals surface area contributed by atoms with E-state index in [1.54, 1.807) is 188 Å². The first-order chi connectivity index (χ1) is 35.6. The van der Waals surface area contributed by atoms with Crippen LogP contribution in [0.4, 0.5) is 0 Å². The van der Waals surface area contributed by atoms with Gasteiger partial charge in [0.05, 0.1) is 36.9 Å². The van der Waals surface area contributed by atoms with Crippen LogP contribution in [0.1, 0.15) is 62.3 Å². The minimum atomic E-state index is -3.91. The van der Waals surface area contributed by atoms with Gasteiger partial charge in [-0.15, -0.1) is 0 Å². The van der Waals surface area contributed by atoms with Crippen molar-refractivity contribution in [2.24, 2.45) is 0 Å². The zero-order valence-corrected chi connectivity index (χ0v) is 45.5. The SMILES string of the molecule is CC(C)OC(=O)[C@H](C)NP(=O)(Oc1ccccc1)Oc1cccnc1.CC(C)OC(=O)[C@H](C)N[P@@](=O)(Oc1ccccc1)Oc1cccnc1.CC(C)OC(=O)[C@H](C)N[P@](=O)(Oc1ccccc1)Oc1cccnc1. The van der Waals surface area contributed by atoms with Gasteiger partial charge < -0.3 is 41.4 Å². The molecule has 75 heavy (non-hydrogen) atoms. The summed E-state index contributed by atoms with van der Waals surface area (Å²) in [5.74, 6) is 0.103. The third-order valence-electron chi connectivity index (χ3n) is 8.66. The number of benzene rings is 3. The van der Waals surface area contributed by atoms with Gasteiger partial charge in [-0.1, -0.05) is 54.6 Å². The summed E-state index contributed by atoms with van der Waals surface area (Å²) in [5.41, 5.74) is 0. The van der Waals surface area contributed by atoms with Gasteiger partial charge in [-0.25, -0.2) is 13.7 Å². The Morgan fingerprint density at radius 1 is 0.347 bits per heavy atom. The molecule has 3 aromatic heterocycles. The van der Waals surface area contributed by atoms with Gasteiger partial charge in [0.2, 0.25) is 0 Å². The zero-order chi connectivity index (χ0) is 54.9. The Morgan fingerprint density at radius 3 is 0.760 bits per heavy atom. The Bertz CT molecular complexity index is 2340. The molecule has 1 unspecified atom stereocenters. The molecule has 402 valence electrons. The molecule has 21 nitrogen and oxygen atoms in total. The first kappa shape index (κ1) is 60.4. The minimum absolute atomic E-state index is 0.249. The van der Waals surface area contributed by atoms with Crippen molar-refractivity contribution in [3.05, 3.63) is 165 Å². The second-order valence-electron chi connectivity index (χ2n) is 16.6. The molecular weight excluding hydrogens is 1030 g/mol. The van der Waals surface area contributed by atoms with E-state index in [1.165, 1.54) is 39.4 Å². The van der Waals surface area contributed by atoms with Crippen molar-refractivity contribution in [3.63, 3.8) is 0 Å². The molecule has 3 heterocycles. The first-order valence-corrected chi connectivity index (χ1v) is 28.0. The number of rotatable bonds is 24. The second kappa shape index (κ2) is 30.3. The molecule has 0 fully saturated rings. The van der Waals surface area contributed by atoms with Gasteiger partial charge in [0.1, 0.15) is 52.6 Å². The highest BCUT2D eigenvalue weighted by molar-refractivity contribution is 7.53. The first-order valence-electron chi connectivity index (χ1n) is 23.4. The van der Waals surface area contributed by atoms with Crippen LogP contribution in [0.25, 0.3) is 0 Å². The average molecular weight is 1090 g/mol. The predicted octanol–water partition coefficient (Wildman–Crippen LogP) is 10.7. The number of esters is 3. The Morgan fingerprint density at radius 2 is 0.560 bits per heavy atom. The highest BCUT2D eigenvalue weighted by atomic mass is 31.2. The summed E-state index contributed by atoms with van der Waals surface area (Å²) in [6.07, 6.45) is 8.03. The van der Waals surface area contributed by atoms with Crippen molar-refractivity contribution in [1.82, 2.24) is 30.2 Å². The van der Waals surface area contributed by atoms with Gasteiger partial charge >= 0.3 is 41.1 Å². The molecule has 24 heteroatoms. The largest absolute Gasteiger partial charge is 0.513 e. The van der Waals surface area contributed by atoms with E-state index in [4.69, 9.17) is 41.4 Å². The monoisotopic (exact) mass is 1090 g/mol. The molecule has 6 atom stereocenters. The third kappa shape index (κ3) is 23.3. The van der Waals surface area contributed by atoms with E-state index in [1.807, 2.05) is 0 Å². The Balaban J connectivity index is 0.000000243. The lowest BCUT2D eigenvalue weighted by Crippen LogP contribution is -2.36. The quantitative estimate of drug-likeness (QED) is 0.0289. The molecule has 0 radical (unpaired) electrons. The smallest absolute Gasteiger partial charge is 0.462 e. The van der Waals surface area contributed by atoms with Crippen LogP contribution >= 0.6 is 23.2 Å². The summed E-state index contributed by atoms with van der Waals surface area (Å²) >= 11 is 0. The second-order valence-corrected chi connectivity index (χ2v) is 21.4. The van der Waals surface area contributed by atoms with E-state index in [2.05, 4.69) is 30.2 Å². The van der Waals surface area contributed by atoms with Gasteiger partial charge in [0, 0.05) is 18.6 Å². The van der Waals surface area contributed by atoms with Crippen molar-refractivity contribution >= 4 is 41.1 Å². The Labute approximate surface area is 437 Å². The minimum Gasteiger partial charge on any atom is -0.462 e. The summed E-state index contributed by atoms with van der Waals surface area (Å²) in [7, 11) is -11.7. The number of hydrogen-bond donors (Lipinski definition) is 3. The van der Waals surface area contributed by atoms with Crippen molar-refractivity contribution in [3.8, 4) is 34.5 Å². The molecule has 0 saturated heterocycles. The van der Waals surface area contributed by atoms with Crippen LogP contribution in [0.3, 0.4) is 0 Å². The lowest BCUT2D eigenvalue weighted by Gasteiger charge is -2.23. The lowest BCUT2D eigenvalue weighted by molar-refractivity contribution is -0.149. The van der Waals surface area contributed by atoms with Crippen molar-refractivity contribution in [2.45, 2.75) is 98.8 Å². The Kier molecular flexibility index (Phi) is 24.4. The molecule has 0 amide bonds. The van der Waals surface area contributed by atoms with Crippen LogP contribution < -0.4 is 42.4 Å². The normalized spacial score (nSPS) is 14.4. The number of hydrogen-bond acceptors (Lipinski definition) is 18. The maximum Gasteiger partial charge on any atom is 0.513 e. The molecule has 6 rings (SSSR count). The molecule has 0 bridgehead atoms. The van der Waals surface area contributed by atoms with E-state index >= 15 is 0 Å². The standard InChI is InChI=1S/3C17H21N2O5P/c3*1-13(2)22-17(20)14(3)19-25(21,23-15-8-5-4-6-9-15)24-16-10-7-11-18-12-16/h3*4-14H,1-3H3,(H,19,21)/t14-,25?;14-,25+;14-,25-/m000/s1. The Hall–Kier alpha value is -7.11. The average Bonchev–Trinajstić information content (AvgIpc) is 3.35. The summed E-state index contributed by atoms with van der Waals surface area (Å²) in [5, 5.41) is 7.81. The van der Waals surface area contributed by atoms with Crippen molar-refractivity contribution in [1.29, 1.82) is 0 Å². The van der Waals surface area contributed by atoms with Crippen molar-refractivity contribution in [2.75, 3.05) is 0 Å². The lowest BCUT2D eigenvalue weighted by atomic mass is 10.3. The molecule has 6 aromatic rings. The highest BCUT2D eigenvalue weighted by Gasteiger charge is 2.36. The van der Waals surface area contributed by atoms with Crippen molar-refractivity contribution < 1.29 is 69.4 Å². The summed E-state index contributed by atoms with van der Waals surface area (Å²) in [6, 6.07) is 32.6. The van der Waals surface area contributed by atoms with Crippen LogP contribution in [-0.2, 0) is 42.3 Å². The van der Waals surface area contributed by atoms with Crippen LogP contribution in [0.5, 0.6) is 34.5 Å². The molecule has 3 aromatic carbocycles. The molecular formula is C51H63N6O15P3. The molecule has 0 spiro atoms. The van der Waals surface area contributed by atoms with Gasteiger partial charge in [-0.2, -0.15) is 15.3 Å². The van der Waals surface area contributed by atoms with E-state index in [-0.39, 0.29) is 35.6 Å². The maximum absolute atomic E-state index is 13.2. The predicted molar refractivity (Wildman–Crippen MR) is 280 cm³/mol. The molecule has 0 saturated carbocycles. The number of nitrogens with zero attached hydrogens (tertiary/aromatic N) is 3. The summed E-state index contributed by atoms with van der Waals surface area (Å²) in [6.45, 7) is 15.0. The fourth-order valence-corrected chi connectivity index (χ4v) is 10.1. The van der Waals surface area contributed by atoms with Gasteiger partial charge in [0.15, 0.2) is 0 Å². The zero-order valence-electron chi connectivity index (χ0n) is 42.9. The fraction of sp³-hybridized carbons (Fsp3) is 0.294. The number of para-hydroxylation sites is 3. The number of carbonyl (C=O) groups excluding carboxylic acids is 3. The van der Waals surface area contributed by atoms with Crippen LogP contribution in [0.2, 0.25) is 0 Å². The van der Waals surface area contributed by atoms with E-state index < -0.39 is 59.3 Å². The van der Waals surface area contributed by atoms with Gasteiger partial charge in [-0.05, 0) is 135 Å². The van der Waals surface area contributed by atoms with E-state index in [9.17, 15) is 28.1 Å². The maximum atomic E-state index is 13.2. The van der Waals surface area contributed by atoms with E-state index in [0.717, 1.165) is 0 Å². The fourth-order valence-electron chi connectivity index (χ4n) is 5.57. The van der Waals surface area contributed by atoms with Crippen LogP contribution in [0, 0.1) is 0 Å².